The Balaban J connectivity index is 1.87. The zero-order valence-corrected chi connectivity index (χ0v) is 8.98. The average molecular weight is 221 g/mol. The fraction of sp³-hybridized carbons (Fsp3) is 0.455. The molecule has 0 saturated carbocycles. The van der Waals surface area contributed by atoms with Crippen LogP contribution in [0.1, 0.15) is 12.1 Å². The molecule has 3 N–H and O–H groups in total. The molecule has 1 fully saturated rings. The summed E-state index contributed by atoms with van der Waals surface area (Å²) >= 11 is 0. The predicted molar refractivity (Wildman–Crippen MR) is 58.4 cm³/mol. The van der Waals surface area contributed by atoms with Gasteiger partial charge in [0.15, 0.2) is 0 Å². The summed E-state index contributed by atoms with van der Waals surface area (Å²) in [5, 5.41) is 0. The van der Waals surface area contributed by atoms with Crippen LogP contribution in [-0.2, 0) is 16.0 Å². The highest BCUT2D eigenvalue weighted by Crippen LogP contribution is 2.17. The fourth-order valence-corrected chi connectivity index (χ4v) is 1.96. The maximum atomic E-state index is 11.6. The van der Waals surface area contributed by atoms with Gasteiger partial charge in [-0.2, -0.15) is 0 Å². The van der Waals surface area contributed by atoms with Crippen LogP contribution < -0.4 is 5.73 Å². The number of H-pyrrole nitrogens is 1. The first kappa shape index (κ1) is 10.7. The van der Waals surface area contributed by atoms with Gasteiger partial charge >= 0.3 is 0 Å². The lowest BCUT2D eigenvalue weighted by molar-refractivity contribution is -0.128. The Kier molecular flexibility index (Phi) is 2.94. The summed E-state index contributed by atoms with van der Waals surface area (Å²) in [6, 6.07) is 3.90. The molecule has 16 heavy (non-hydrogen) atoms. The highest BCUT2D eigenvalue weighted by molar-refractivity contribution is 5.88. The predicted octanol–water partition coefficient (Wildman–Crippen LogP) is -0.109. The molecule has 1 aromatic heterocycles. The van der Waals surface area contributed by atoms with E-state index in [0.717, 1.165) is 12.1 Å². The van der Waals surface area contributed by atoms with Gasteiger partial charge in [-0.1, -0.05) is 0 Å². The van der Waals surface area contributed by atoms with Gasteiger partial charge in [-0.3, -0.25) is 9.59 Å². The van der Waals surface area contributed by atoms with Crippen molar-refractivity contribution < 1.29 is 9.59 Å². The molecule has 0 spiro atoms. The number of rotatable bonds is 4. The first-order valence-electron chi connectivity index (χ1n) is 5.36. The van der Waals surface area contributed by atoms with E-state index in [-0.39, 0.29) is 24.2 Å². The topological polar surface area (TPSA) is 79.2 Å². The van der Waals surface area contributed by atoms with Gasteiger partial charge in [-0.15, -0.1) is 0 Å². The molecule has 0 radical (unpaired) electrons. The summed E-state index contributed by atoms with van der Waals surface area (Å²) in [5.41, 5.74) is 6.28. The van der Waals surface area contributed by atoms with E-state index in [1.54, 1.807) is 4.90 Å². The highest BCUT2D eigenvalue weighted by atomic mass is 16.2. The van der Waals surface area contributed by atoms with Gasteiger partial charge in [0.1, 0.15) is 0 Å². The van der Waals surface area contributed by atoms with Crippen LogP contribution in [0.5, 0.6) is 0 Å². The Bertz CT molecular complexity index is 386. The van der Waals surface area contributed by atoms with E-state index in [4.69, 9.17) is 5.73 Å². The second kappa shape index (κ2) is 4.38. The van der Waals surface area contributed by atoms with Gasteiger partial charge in [0.05, 0.1) is 5.92 Å². The molecule has 0 bridgehead atoms. The van der Waals surface area contributed by atoms with E-state index in [0.29, 0.717) is 13.1 Å². The number of aromatic amines is 1. The number of carbonyl (C=O) groups is 2. The molecule has 1 aliphatic rings. The highest BCUT2D eigenvalue weighted by Gasteiger charge is 2.32. The maximum Gasteiger partial charge on any atom is 0.223 e. The van der Waals surface area contributed by atoms with Crippen LogP contribution in [0.4, 0.5) is 0 Å². The van der Waals surface area contributed by atoms with Crippen LogP contribution >= 0.6 is 0 Å². The normalized spacial score (nSPS) is 20.4. The molecule has 1 saturated heterocycles. The van der Waals surface area contributed by atoms with E-state index in [1.807, 2.05) is 18.3 Å². The van der Waals surface area contributed by atoms with Crippen molar-refractivity contribution in [2.75, 3.05) is 13.1 Å². The minimum Gasteiger partial charge on any atom is -0.369 e. The lowest BCUT2D eigenvalue weighted by Crippen LogP contribution is -2.30. The molecule has 1 unspecified atom stereocenters. The second-order valence-corrected chi connectivity index (χ2v) is 4.09. The Hall–Kier alpha value is -1.78. The minimum absolute atomic E-state index is 0.0235. The quantitative estimate of drug-likeness (QED) is 0.744. The smallest absolute Gasteiger partial charge is 0.223 e. The lowest BCUT2D eigenvalue weighted by atomic mass is 10.1. The molecular weight excluding hydrogens is 206 g/mol. The summed E-state index contributed by atoms with van der Waals surface area (Å²) in [5.74, 6) is -0.665. The molecule has 1 atom stereocenters. The third-order valence-corrected chi connectivity index (χ3v) is 2.93. The number of likely N-dealkylation sites (tertiary alicyclic amines) is 1. The number of aromatic nitrogens is 1. The third-order valence-electron chi connectivity index (χ3n) is 2.93. The number of amides is 2. The van der Waals surface area contributed by atoms with Gasteiger partial charge in [-0.25, -0.2) is 0 Å². The molecule has 0 aromatic carbocycles. The monoisotopic (exact) mass is 221 g/mol. The molecule has 2 amide bonds. The van der Waals surface area contributed by atoms with Gasteiger partial charge in [0.25, 0.3) is 0 Å². The molecule has 2 heterocycles. The van der Waals surface area contributed by atoms with Crippen LogP contribution in [0.25, 0.3) is 0 Å². The van der Waals surface area contributed by atoms with Crippen molar-refractivity contribution in [1.82, 2.24) is 9.88 Å². The number of nitrogens with two attached hydrogens (primary N) is 1. The van der Waals surface area contributed by atoms with Crippen molar-refractivity contribution in [3.63, 3.8) is 0 Å². The largest absolute Gasteiger partial charge is 0.369 e. The molecule has 86 valence electrons. The summed E-state index contributed by atoms with van der Waals surface area (Å²) in [4.78, 5) is 27.3. The Morgan fingerprint density at radius 1 is 1.62 bits per heavy atom. The summed E-state index contributed by atoms with van der Waals surface area (Å²) in [6.07, 6.45) is 2.90. The Morgan fingerprint density at radius 3 is 3.00 bits per heavy atom. The number of nitrogens with zero attached hydrogens (tertiary/aromatic N) is 1. The van der Waals surface area contributed by atoms with Crippen molar-refractivity contribution in [3.8, 4) is 0 Å². The van der Waals surface area contributed by atoms with Crippen molar-refractivity contribution in [2.45, 2.75) is 12.8 Å². The van der Waals surface area contributed by atoms with Crippen molar-refractivity contribution in [3.05, 3.63) is 24.0 Å². The van der Waals surface area contributed by atoms with Crippen molar-refractivity contribution in [1.29, 1.82) is 0 Å². The molecule has 5 heteroatoms. The Labute approximate surface area is 93.6 Å². The third kappa shape index (κ3) is 2.24. The van der Waals surface area contributed by atoms with Crippen LogP contribution in [0.15, 0.2) is 18.3 Å². The van der Waals surface area contributed by atoms with E-state index in [1.165, 1.54) is 0 Å². The zero-order valence-electron chi connectivity index (χ0n) is 8.98. The molecule has 1 aliphatic heterocycles. The molecule has 2 rings (SSSR count). The minimum atomic E-state index is -0.379. The van der Waals surface area contributed by atoms with Crippen LogP contribution in [0.3, 0.4) is 0 Å². The Morgan fingerprint density at radius 2 is 2.44 bits per heavy atom. The van der Waals surface area contributed by atoms with E-state index < -0.39 is 0 Å². The molecule has 0 aliphatic carbocycles. The number of carbonyl (C=O) groups excluding carboxylic acids is 2. The molecule has 5 nitrogen and oxygen atoms in total. The second-order valence-electron chi connectivity index (χ2n) is 4.09. The van der Waals surface area contributed by atoms with Crippen LogP contribution in [0, 0.1) is 5.92 Å². The van der Waals surface area contributed by atoms with E-state index in [2.05, 4.69) is 4.98 Å². The standard InChI is InChI=1S/C11H15N3O2/c12-11(16)8-6-10(15)14(7-8)5-3-9-2-1-4-13-9/h1-2,4,8,13H,3,5-7H2,(H2,12,16). The maximum absolute atomic E-state index is 11.6. The number of primary amides is 1. The number of hydrogen-bond acceptors (Lipinski definition) is 2. The summed E-state index contributed by atoms with van der Waals surface area (Å²) < 4.78 is 0. The number of hydrogen-bond donors (Lipinski definition) is 2. The van der Waals surface area contributed by atoms with Crippen molar-refractivity contribution >= 4 is 11.8 Å². The summed E-state index contributed by atoms with van der Waals surface area (Å²) in [6.45, 7) is 1.11. The molecule has 1 aromatic rings. The molecular formula is C11H15N3O2. The first-order chi connectivity index (χ1) is 7.66. The summed E-state index contributed by atoms with van der Waals surface area (Å²) in [7, 11) is 0. The SMILES string of the molecule is NC(=O)C1CC(=O)N(CCc2ccc[nH]2)C1. The van der Waals surface area contributed by atoms with E-state index >= 15 is 0 Å². The van der Waals surface area contributed by atoms with Gasteiger partial charge in [0, 0.05) is 37.8 Å². The fourth-order valence-electron chi connectivity index (χ4n) is 1.96. The van der Waals surface area contributed by atoms with Gasteiger partial charge in [-0.05, 0) is 12.1 Å². The zero-order chi connectivity index (χ0) is 11.5. The first-order valence-corrected chi connectivity index (χ1v) is 5.36. The lowest BCUT2D eigenvalue weighted by Gasteiger charge is -2.15. The number of nitrogens with one attached hydrogen (secondary N) is 1. The van der Waals surface area contributed by atoms with E-state index in [9.17, 15) is 9.59 Å². The van der Waals surface area contributed by atoms with Crippen LogP contribution in [0.2, 0.25) is 0 Å². The van der Waals surface area contributed by atoms with Gasteiger partial charge in [0.2, 0.25) is 11.8 Å². The van der Waals surface area contributed by atoms with Crippen LogP contribution in [-0.4, -0.2) is 34.8 Å². The average Bonchev–Trinajstić information content (AvgIpc) is 2.84. The van der Waals surface area contributed by atoms with Crippen molar-refractivity contribution in [2.24, 2.45) is 11.7 Å². The van der Waals surface area contributed by atoms with Gasteiger partial charge < -0.3 is 15.6 Å².